The van der Waals surface area contributed by atoms with E-state index in [0.717, 1.165) is 0 Å². The molecule has 132 valence electrons. The number of amides is 2. The van der Waals surface area contributed by atoms with Crippen molar-refractivity contribution in [2.24, 2.45) is 0 Å². The van der Waals surface area contributed by atoms with Crippen LogP contribution >= 0.6 is 0 Å². The van der Waals surface area contributed by atoms with Crippen LogP contribution in [0, 0.1) is 5.82 Å². The number of nitrogens with one attached hydrogen (secondary N) is 2. The number of rotatable bonds is 6. The van der Waals surface area contributed by atoms with Gasteiger partial charge in [-0.15, -0.1) is 0 Å². The maximum Gasteiger partial charge on any atom is 0.279 e. The molecule has 0 spiro atoms. The molecule has 7 nitrogen and oxygen atoms in total. The lowest BCUT2D eigenvalue weighted by molar-refractivity contribution is -0.128. The van der Waals surface area contributed by atoms with Crippen molar-refractivity contribution in [3.05, 3.63) is 54.0 Å². The van der Waals surface area contributed by atoms with E-state index in [1.165, 1.54) is 37.4 Å². The van der Waals surface area contributed by atoms with Crippen molar-refractivity contribution in [3.63, 3.8) is 0 Å². The van der Waals surface area contributed by atoms with E-state index in [4.69, 9.17) is 9.47 Å². The van der Waals surface area contributed by atoms with Gasteiger partial charge in [0.2, 0.25) is 5.88 Å². The second-order valence-electron chi connectivity index (χ2n) is 4.92. The van der Waals surface area contributed by atoms with Gasteiger partial charge >= 0.3 is 0 Å². The number of hydrazine groups is 1. The van der Waals surface area contributed by atoms with Crippen molar-refractivity contribution in [1.29, 1.82) is 0 Å². The number of hydrogen-bond acceptors (Lipinski definition) is 5. The molecule has 1 heterocycles. The average Bonchev–Trinajstić information content (AvgIpc) is 2.62. The second-order valence-corrected chi connectivity index (χ2v) is 4.92. The molecule has 0 aliphatic rings. The zero-order chi connectivity index (χ0) is 18.2. The summed E-state index contributed by atoms with van der Waals surface area (Å²) in [5, 5.41) is 0. The molecule has 2 rings (SSSR count). The highest BCUT2D eigenvalue weighted by atomic mass is 19.1. The van der Waals surface area contributed by atoms with Crippen LogP contribution in [0.15, 0.2) is 42.6 Å². The number of carbonyl (C=O) groups is 2. The molecule has 8 heteroatoms. The molecule has 0 radical (unpaired) electrons. The van der Waals surface area contributed by atoms with E-state index in [1.54, 1.807) is 19.1 Å². The summed E-state index contributed by atoms with van der Waals surface area (Å²) in [6.45, 7) is 3.54. The van der Waals surface area contributed by atoms with Gasteiger partial charge in [-0.05, 0) is 38.1 Å². The van der Waals surface area contributed by atoms with Crippen LogP contribution in [0.5, 0.6) is 11.6 Å². The third-order valence-corrected chi connectivity index (χ3v) is 3.11. The first-order chi connectivity index (χ1) is 12.0. The van der Waals surface area contributed by atoms with Gasteiger partial charge in [0.1, 0.15) is 5.56 Å². The fourth-order valence-corrected chi connectivity index (χ4v) is 1.89. The lowest BCUT2D eigenvalue weighted by atomic mass is 10.2. The van der Waals surface area contributed by atoms with Gasteiger partial charge in [0.05, 0.1) is 6.61 Å². The highest BCUT2D eigenvalue weighted by molar-refractivity contribution is 5.97. The molecule has 0 saturated carbocycles. The quantitative estimate of drug-likeness (QED) is 0.779. The highest BCUT2D eigenvalue weighted by Gasteiger charge is 2.19. The number of ether oxygens (including phenoxy) is 2. The summed E-state index contributed by atoms with van der Waals surface area (Å²) >= 11 is 0. The maximum atomic E-state index is 13.5. The number of nitrogens with zero attached hydrogens (tertiary/aromatic N) is 1. The van der Waals surface area contributed by atoms with Crippen molar-refractivity contribution in [2.45, 2.75) is 20.0 Å². The molecule has 0 aliphatic carbocycles. The van der Waals surface area contributed by atoms with Crippen molar-refractivity contribution in [2.75, 3.05) is 6.61 Å². The van der Waals surface area contributed by atoms with Crippen LogP contribution in [0.1, 0.15) is 24.2 Å². The van der Waals surface area contributed by atoms with Crippen LogP contribution in [0.3, 0.4) is 0 Å². The Morgan fingerprint density at radius 3 is 2.68 bits per heavy atom. The maximum absolute atomic E-state index is 13.5. The number of carbonyl (C=O) groups excluding carboxylic acids is 2. The highest BCUT2D eigenvalue weighted by Crippen LogP contribution is 2.17. The topological polar surface area (TPSA) is 89.5 Å². The zero-order valence-electron chi connectivity index (χ0n) is 13.8. The van der Waals surface area contributed by atoms with E-state index >= 15 is 0 Å². The fourth-order valence-electron chi connectivity index (χ4n) is 1.89. The minimum absolute atomic E-state index is 0.0534. The Bertz CT molecular complexity index is 754. The summed E-state index contributed by atoms with van der Waals surface area (Å²) in [5.74, 6) is -1.71. The van der Waals surface area contributed by atoms with Crippen LogP contribution in [-0.2, 0) is 4.79 Å². The largest absolute Gasteiger partial charge is 0.478 e. The van der Waals surface area contributed by atoms with Crippen LogP contribution < -0.4 is 20.3 Å². The Labute approximate surface area is 144 Å². The van der Waals surface area contributed by atoms with Gasteiger partial charge < -0.3 is 9.47 Å². The van der Waals surface area contributed by atoms with Gasteiger partial charge in [-0.25, -0.2) is 9.37 Å². The van der Waals surface area contributed by atoms with Gasteiger partial charge in [0.15, 0.2) is 17.7 Å². The molecule has 2 amide bonds. The molecule has 1 aromatic heterocycles. The minimum atomic E-state index is -1.02. The first-order valence-electron chi connectivity index (χ1n) is 7.62. The fraction of sp³-hybridized carbons (Fsp3) is 0.235. The summed E-state index contributed by atoms with van der Waals surface area (Å²) in [5.41, 5.74) is 4.64. The Kier molecular flexibility index (Phi) is 6.27. The molecule has 0 fully saturated rings. The number of hydrogen-bond donors (Lipinski definition) is 2. The van der Waals surface area contributed by atoms with Crippen LogP contribution in [0.4, 0.5) is 4.39 Å². The van der Waals surface area contributed by atoms with Gasteiger partial charge in [0, 0.05) is 6.20 Å². The molecule has 1 aromatic carbocycles. The minimum Gasteiger partial charge on any atom is -0.478 e. The number of aromatic nitrogens is 1. The van der Waals surface area contributed by atoms with Crippen LogP contribution in [0.25, 0.3) is 0 Å². The third-order valence-electron chi connectivity index (χ3n) is 3.11. The number of benzene rings is 1. The van der Waals surface area contributed by atoms with Crippen molar-refractivity contribution in [3.8, 4) is 11.6 Å². The first kappa shape index (κ1) is 18.2. The summed E-state index contributed by atoms with van der Waals surface area (Å²) in [6.07, 6.45) is 0.475. The van der Waals surface area contributed by atoms with E-state index in [2.05, 4.69) is 15.8 Å². The first-order valence-corrected chi connectivity index (χ1v) is 7.62. The molecular formula is C17H18FN3O4. The lowest BCUT2D eigenvalue weighted by Gasteiger charge is -2.16. The Morgan fingerprint density at radius 2 is 1.96 bits per heavy atom. The number of pyridine rings is 1. The van der Waals surface area contributed by atoms with Gasteiger partial charge in [-0.3, -0.25) is 20.4 Å². The third kappa shape index (κ3) is 4.90. The summed E-state index contributed by atoms with van der Waals surface area (Å²) in [6, 6.07) is 8.81. The van der Waals surface area contributed by atoms with Gasteiger partial charge in [-0.1, -0.05) is 12.1 Å². The van der Waals surface area contributed by atoms with Crippen molar-refractivity contribution >= 4 is 11.8 Å². The van der Waals surface area contributed by atoms with Crippen LogP contribution in [0.2, 0.25) is 0 Å². The summed E-state index contributed by atoms with van der Waals surface area (Å²) in [4.78, 5) is 28.1. The monoisotopic (exact) mass is 347 g/mol. The Balaban J connectivity index is 1.93. The second kappa shape index (κ2) is 8.62. The molecule has 25 heavy (non-hydrogen) atoms. The van der Waals surface area contributed by atoms with Crippen LogP contribution in [-0.4, -0.2) is 29.5 Å². The summed E-state index contributed by atoms with van der Waals surface area (Å²) in [7, 11) is 0. The normalized spacial score (nSPS) is 11.3. The molecule has 0 bridgehead atoms. The Hall–Kier alpha value is -3.16. The average molecular weight is 347 g/mol. The smallest absolute Gasteiger partial charge is 0.279 e. The number of halogens is 1. The van der Waals surface area contributed by atoms with E-state index in [9.17, 15) is 14.0 Å². The van der Waals surface area contributed by atoms with Crippen molar-refractivity contribution < 1.29 is 23.5 Å². The SMILES string of the molecule is CCOc1ncccc1C(=O)NNC(=O)[C@H](C)Oc1ccccc1F. The van der Waals surface area contributed by atoms with Gasteiger partial charge in [0.25, 0.3) is 11.8 Å². The lowest BCUT2D eigenvalue weighted by Crippen LogP contribution is -2.47. The number of para-hydroxylation sites is 1. The van der Waals surface area contributed by atoms with E-state index < -0.39 is 23.7 Å². The molecule has 2 aromatic rings. The predicted octanol–water partition coefficient (Wildman–Crippen LogP) is 1.85. The molecule has 2 N–H and O–H groups in total. The standard InChI is InChI=1S/C17H18FN3O4/c1-3-24-17-12(7-6-10-19-17)16(23)21-20-15(22)11(2)25-14-9-5-4-8-13(14)18/h4-11H,3H2,1-2H3,(H,20,22)(H,21,23)/t11-/m0/s1. The van der Waals surface area contributed by atoms with Crippen molar-refractivity contribution in [1.82, 2.24) is 15.8 Å². The molecular weight excluding hydrogens is 329 g/mol. The zero-order valence-corrected chi connectivity index (χ0v) is 13.8. The Morgan fingerprint density at radius 1 is 1.20 bits per heavy atom. The molecule has 0 saturated heterocycles. The molecule has 1 atom stereocenters. The molecule has 0 unspecified atom stereocenters. The van der Waals surface area contributed by atoms with E-state index in [1.807, 2.05) is 0 Å². The van der Waals surface area contributed by atoms with E-state index in [0.29, 0.717) is 6.61 Å². The summed E-state index contributed by atoms with van der Waals surface area (Å²) < 4.78 is 24.0. The molecule has 0 aliphatic heterocycles. The van der Waals surface area contributed by atoms with E-state index in [-0.39, 0.29) is 17.2 Å². The predicted molar refractivity (Wildman–Crippen MR) is 87.5 cm³/mol. The van der Waals surface area contributed by atoms with Gasteiger partial charge in [-0.2, -0.15) is 0 Å².